The Kier molecular flexibility index (Phi) is 4.32. The van der Waals surface area contributed by atoms with Crippen molar-refractivity contribution in [3.05, 3.63) is 34.6 Å². The number of rotatable bonds is 4. The molecule has 0 aliphatic rings. The number of hydrogen-bond donors (Lipinski definition) is 2. The fraction of sp³-hybridized carbons (Fsp3) is 0.400. The predicted octanol–water partition coefficient (Wildman–Crippen LogP) is 2.78. The summed E-state index contributed by atoms with van der Waals surface area (Å²) in [6, 6.07) is 4.78. The Labute approximate surface area is 88.2 Å². The van der Waals surface area contributed by atoms with Gasteiger partial charge in [0.1, 0.15) is 5.82 Å². The van der Waals surface area contributed by atoms with Gasteiger partial charge in [0.2, 0.25) is 0 Å². The van der Waals surface area contributed by atoms with Crippen LogP contribution in [0, 0.1) is 5.82 Å². The maximum Gasteiger partial charge on any atom is 0.146 e. The average Bonchev–Trinajstić information content (AvgIpc) is 2.19. The highest BCUT2D eigenvalue weighted by Crippen LogP contribution is 2.25. The molecule has 1 rings (SSSR count). The van der Waals surface area contributed by atoms with Crippen molar-refractivity contribution < 1.29 is 4.39 Å². The van der Waals surface area contributed by atoms with Crippen molar-refractivity contribution in [2.45, 2.75) is 25.8 Å². The van der Waals surface area contributed by atoms with E-state index in [-0.39, 0.29) is 16.9 Å². The molecule has 0 heterocycles. The van der Waals surface area contributed by atoms with Crippen molar-refractivity contribution in [1.82, 2.24) is 5.43 Å². The second-order valence-corrected chi connectivity index (χ2v) is 3.56. The second kappa shape index (κ2) is 5.29. The van der Waals surface area contributed by atoms with Crippen molar-refractivity contribution in [3.8, 4) is 0 Å². The van der Waals surface area contributed by atoms with E-state index in [4.69, 9.17) is 17.4 Å². The lowest BCUT2D eigenvalue weighted by molar-refractivity contribution is 0.481. The van der Waals surface area contributed by atoms with Gasteiger partial charge in [-0.05, 0) is 12.5 Å². The third kappa shape index (κ3) is 2.44. The summed E-state index contributed by atoms with van der Waals surface area (Å²) >= 11 is 5.67. The highest BCUT2D eigenvalue weighted by molar-refractivity contribution is 6.30. The Bertz CT molecular complexity index is 304. The van der Waals surface area contributed by atoms with Crippen molar-refractivity contribution in [1.29, 1.82) is 0 Å². The first-order chi connectivity index (χ1) is 6.70. The first-order valence-corrected chi connectivity index (χ1v) is 4.98. The van der Waals surface area contributed by atoms with Crippen LogP contribution < -0.4 is 11.3 Å². The summed E-state index contributed by atoms with van der Waals surface area (Å²) in [4.78, 5) is 0. The minimum atomic E-state index is -0.384. The summed E-state index contributed by atoms with van der Waals surface area (Å²) in [5, 5.41) is 0.138. The van der Waals surface area contributed by atoms with Crippen LogP contribution in [0.5, 0.6) is 0 Å². The maximum absolute atomic E-state index is 13.5. The van der Waals surface area contributed by atoms with Crippen LogP contribution >= 0.6 is 11.6 Å². The lowest BCUT2D eigenvalue weighted by Gasteiger charge is -2.16. The van der Waals surface area contributed by atoms with Gasteiger partial charge < -0.3 is 0 Å². The second-order valence-electron chi connectivity index (χ2n) is 3.15. The lowest BCUT2D eigenvalue weighted by Crippen LogP contribution is -2.28. The molecule has 0 amide bonds. The van der Waals surface area contributed by atoms with Crippen LogP contribution in [0.1, 0.15) is 31.4 Å². The third-order valence-corrected chi connectivity index (χ3v) is 2.43. The molecule has 0 saturated carbocycles. The summed E-state index contributed by atoms with van der Waals surface area (Å²) < 4.78 is 13.5. The highest BCUT2D eigenvalue weighted by Gasteiger charge is 2.14. The van der Waals surface area contributed by atoms with Gasteiger partial charge in [-0.2, -0.15) is 0 Å². The van der Waals surface area contributed by atoms with Gasteiger partial charge in [0.25, 0.3) is 0 Å². The minimum Gasteiger partial charge on any atom is -0.271 e. The summed E-state index contributed by atoms with van der Waals surface area (Å²) in [7, 11) is 0. The highest BCUT2D eigenvalue weighted by atomic mass is 35.5. The summed E-state index contributed by atoms with van der Waals surface area (Å²) in [5.41, 5.74) is 3.12. The molecule has 0 saturated heterocycles. The molecule has 0 aromatic heterocycles. The normalized spacial score (nSPS) is 12.9. The molecule has 2 nitrogen and oxygen atoms in total. The lowest BCUT2D eigenvalue weighted by atomic mass is 10.0. The standard InChI is InChI=1S/C10H14ClFN2/c1-2-4-9(14-13)7-5-3-6-8(11)10(7)12/h3,5-6,9,14H,2,4,13H2,1H3. The van der Waals surface area contributed by atoms with Crippen molar-refractivity contribution in [2.75, 3.05) is 0 Å². The Hall–Kier alpha value is -0.640. The van der Waals surface area contributed by atoms with Crippen molar-refractivity contribution >= 4 is 11.6 Å². The fourth-order valence-electron chi connectivity index (χ4n) is 1.41. The van der Waals surface area contributed by atoms with Crippen LogP contribution in [0.2, 0.25) is 5.02 Å². The smallest absolute Gasteiger partial charge is 0.146 e. The van der Waals surface area contributed by atoms with Crippen LogP contribution in [0.25, 0.3) is 0 Å². The van der Waals surface area contributed by atoms with Gasteiger partial charge in [0, 0.05) is 11.6 Å². The van der Waals surface area contributed by atoms with E-state index in [0.717, 1.165) is 12.8 Å². The summed E-state index contributed by atoms with van der Waals surface area (Å²) in [6.45, 7) is 2.02. The van der Waals surface area contributed by atoms with Gasteiger partial charge in [-0.15, -0.1) is 0 Å². The Balaban J connectivity index is 2.97. The molecule has 1 unspecified atom stereocenters. The number of hydrogen-bond acceptors (Lipinski definition) is 2. The number of nitrogens with one attached hydrogen (secondary N) is 1. The molecular formula is C10H14ClFN2. The van der Waals surface area contributed by atoms with Crippen LogP contribution in [0.4, 0.5) is 4.39 Å². The SMILES string of the molecule is CCCC(NN)c1cccc(Cl)c1F. The first kappa shape index (κ1) is 11.4. The molecule has 1 aromatic carbocycles. The Morgan fingerprint density at radius 1 is 1.57 bits per heavy atom. The zero-order chi connectivity index (χ0) is 10.6. The van der Waals surface area contributed by atoms with Gasteiger partial charge in [-0.3, -0.25) is 11.3 Å². The fourth-order valence-corrected chi connectivity index (χ4v) is 1.59. The van der Waals surface area contributed by atoms with Gasteiger partial charge in [0.05, 0.1) is 5.02 Å². The van der Waals surface area contributed by atoms with Gasteiger partial charge in [-0.25, -0.2) is 4.39 Å². The van der Waals surface area contributed by atoms with Crippen molar-refractivity contribution in [3.63, 3.8) is 0 Å². The van der Waals surface area contributed by atoms with E-state index in [1.807, 2.05) is 6.92 Å². The van der Waals surface area contributed by atoms with Gasteiger partial charge >= 0.3 is 0 Å². The first-order valence-electron chi connectivity index (χ1n) is 4.60. The minimum absolute atomic E-state index is 0.138. The Morgan fingerprint density at radius 2 is 2.29 bits per heavy atom. The van der Waals surface area contributed by atoms with E-state index in [2.05, 4.69) is 5.43 Å². The maximum atomic E-state index is 13.5. The average molecular weight is 217 g/mol. The molecule has 0 fully saturated rings. The van der Waals surface area contributed by atoms with E-state index in [9.17, 15) is 4.39 Å². The van der Waals surface area contributed by atoms with E-state index < -0.39 is 0 Å². The van der Waals surface area contributed by atoms with Gasteiger partial charge in [0.15, 0.2) is 0 Å². The number of halogens is 2. The topological polar surface area (TPSA) is 38.0 Å². The molecule has 0 bridgehead atoms. The predicted molar refractivity (Wildman–Crippen MR) is 56.4 cm³/mol. The number of nitrogens with two attached hydrogens (primary N) is 1. The van der Waals surface area contributed by atoms with Crippen LogP contribution in [0.3, 0.4) is 0 Å². The molecule has 14 heavy (non-hydrogen) atoms. The number of hydrazine groups is 1. The third-order valence-electron chi connectivity index (χ3n) is 2.14. The quantitative estimate of drug-likeness (QED) is 0.600. The largest absolute Gasteiger partial charge is 0.271 e. The molecule has 0 aliphatic carbocycles. The molecule has 78 valence electrons. The van der Waals surface area contributed by atoms with Crippen molar-refractivity contribution in [2.24, 2.45) is 5.84 Å². The summed E-state index contributed by atoms with van der Waals surface area (Å²) in [5.74, 6) is 4.97. The molecule has 0 aliphatic heterocycles. The molecule has 3 N–H and O–H groups in total. The molecule has 1 atom stereocenters. The number of benzene rings is 1. The van der Waals surface area contributed by atoms with Gasteiger partial charge in [-0.1, -0.05) is 37.1 Å². The van der Waals surface area contributed by atoms with E-state index in [0.29, 0.717) is 5.56 Å². The van der Waals surface area contributed by atoms with E-state index in [1.165, 1.54) is 6.07 Å². The summed E-state index contributed by atoms with van der Waals surface area (Å²) in [6.07, 6.45) is 1.72. The molecule has 0 spiro atoms. The van der Waals surface area contributed by atoms with E-state index >= 15 is 0 Å². The Morgan fingerprint density at radius 3 is 2.86 bits per heavy atom. The zero-order valence-electron chi connectivity index (χ0n) is 8.06. The van der Waals surface area contributed by atoms with E-state index in [1.54, 1.807) is 12.1 Å². The molecule has 4 heteroatoms. The molecule has 1 aromatic rings. The van der Waals surface area contributed by atoms with Crippen LogP contribution in [0.15, 0.2) is 18.2 Å². The van der Waals surface area contributed by atoms with Crippen LogP contribution in [-0.2, 0) is 0 Å². The van der Waals surface area contributed by atoms with Crippen LogP contribution in [-0.4, -0.2) is 0 Å². The molecular weight excluding hydrogens is 203 g/mol. The molecule has 0 radical (unpaired) electrons. The monoisotopic (exact) mass is 216 g/mol. The zero-order valence-corrected chi connectivity index (χ0v) is 8.81.